The van der Waals surface area contributed by atoms with Crippen LogP contribution in [0.5, 0.6) is 0 Å². The number of hydrogen-bond acceptors (Lipinski definition) is 0. The van der Waals surface area contributed by atoms with Crippen molar-refractivity contribution in [2.24, 2.45) is 103 Å². The Hall–Kier alpha value is 0. The van der Waals surface area contributed by atoms with Gasteiger partial charge in [-0.1, -0.05) is 326 Å². The molecule has 13 aliphatic rings. The van der Waals surface area contributed by atoms with Crippen molar-refractivity contribution in [3.63, 3.8) is 0 Å². The molecular weight excluding hydrogens is 1070 g/mol. The van der Waals surface area contributed by atoms with Crippen LogP contribution >= 0.6 is 0 Å². The zero-order valence-electron chi connectivity index (χ0n) is 74.1. The van der Waals surface area contributed by atoms with Crippen LogP contribution in [-0.4, -0.2) is 0 Å². The first-order valence-electron chi connectivity index (χ1n) is 44.3. The monoisotopic (exact) mass is 1250 g/mol. The van der Waals surface area contributed by atoms with Gasteiger partial charge in [0.05, 0.1) is 0 Å². The molecule has 0 saturated heterocycles. The normalized spacial score (nSPS) is 31.4. The minimum Gasteiger partial charge on any atom is -0.0651 e. The molecule has 3 spiro atoms. The van der Waals surface area contributed by atoms with Gasteiger partial charge in [-0.05, 0) is 244 Å². The van der Waals surface area contributed by atoms with E-state index >= 15 is 0 Å². The summed E-state index contributed by atoms with van der Waals surface area (Å²) < 4.78 is 57.6. The molecule has 0 aromatic carbocycles. The summed E-state index contributed by atoms with van der Waals surface area (Å²) in [7, 11) is 0. The fraction of sp³-hybridized carbons (Fsp3) is 1.00. The van der Waals surface area contributed by atoms with E-state index in [9.17, 15) is 0 Å². The molecule has 89 heavy (non-hydrogen) atoms. The van der Waals surface area contributed by atoms with Crippen LogP contribution in [0.15, 0.2) is 0 Å². The van der Waals surface area contributed by atoms with Crippen molar-refractivity contribution in [3.8, 4) is 0 Å². The molecule has 13 rings (SSSR count). The van der Waals surface area contributed by atoms with E-state index in [1.807, 2.05) is 90.0 Å². The Bertz CT molecular complexity index is 1900. The van der Waals surface area contributed by atoms with Gasteiger partial charge in [-0.15, -0.1) is 0 Å². The van der Waals surface area contributed by atoms with Gasteiger partial charge in [-0.3, -0.25) is 0 Å². The molecule has 0 aliphatic heterocycles. The van der Waals surface area contributed by atoms with Crippen LogP contribution in [0, 0.1) is 103 Å². The minimum atomic E-state index is -1.06. The van der Waals surface area contributed by atoms with Crippen molar-refractivity contribution in [1.82, 2.24) is 0 Å². The van der Waals surface area contributed by atoms with Crippen LogP contribution in [0.4, 0.5) is 0 Å². The zero-order valence-corrected chi connectivity index (χ0v) is 66.1. The van der Waals surface area contributed by atoms with Crippen molar-refractivity contribution < 1.29 is 11.0 Å². The molecule has 0 heteroatoms. The summed E-state index contributed by atoms with van der Waals surface area (Å²) in [6.07, 6.45) is 65.3. The molecule has 0 heterocycles. The summed E-state index contributed by atoms with van der Waals surface area (Å²) in [5.41, 5.74) is 4.48. The summed E-state index contributed by atoms with van der Waals surface area (Å²) >= 11 is 0. The Labute approximate surface area is 578 Å². The van der Waals surface area contributed by atoms with Crippen LogP contribution in [0.25, 0.3) is 0 Å². The van der Waals surface area contributed by atoms with E-state index in [-0.39, 0.29) is 34.9 Å². The van der Waals surface area contributed by atoms with Crippen LogP contribution in [0.2, 0.25) is 0 Å². The van der Waals surface area contributed by atoms with Crippen LogP contribution < -0.4 is 0 Å². The van der Waals surface area contributed by atoms with Crippen molar-refractivity contribution >= 4 is 0 Å². The number of rotatable bonds is 3. The molecule has 0 amide bonds. The lowest BCUT2D eigenvalue weighted by Crippen LogP contribution is -2.45. The molecule has 0 aromatic heterocycles. The molecule has 0 unspecified atom stereocenters. The van der Waals surface area contributed by atoms with Gasteiger partial charge in [0, 0.05) is 11.0 Å². The maximum absolute atomic E-state index is 7.63. The molecule has 13 fully saturated rings. The van der Waals surface area contributed by atoms with E-state index in [0.29, 0.717) is 5.41 Å². The van der Waals surface area contributed by atoms with Gasteiger partial charge >= 0.3 is 0 Å². The first-order chi connectivity index (χ1) is 44.3. The molecule has 13 saturated carbocycles. The highest BCUT2D eigenvalue weighted by molar-refractivity contribution is 5.01. The summed E-state index contributed by atoms with van der Waals surface area (Å²) in [4.78, 5) is 0. The second-order valence-electron chi connectivity index (χ2n) is 37.7. The molecule has 0 radical (unpaired) electrons. The molecule has 532 valence electrons. The average molecular weight is 1250 g/mol. The van der Waals surface area contributed by atoms with Crippen molar-refractivity contribution in [2.75, 3.05) is 0 Å². The highest BCUT2D eigenvalue weighted by Crippen LogP contribution is 2.61. The summed E-state index contributed by atoms with van der Waals surface area (Å²) in [5.74, 6) is 6.02. The van der Waals surface area contributed by atoms with Gasteiger partial charge in [0.15, 0.2) is 0 Å². The van der Waals surface area contributed by atoms with E-state index in [2.05, 4.69) is 55.4 Å². The largest absolute Gasteiger partial charge is 0.0651 e. The molecule has 0 aromatic rings. The minimum absolute atomic E-state index is 0.0556. The van der Waals surface area contributed by atoms with Crippen LogP contribution in [0.1, 0.15) is 478 Å². The number of hydrogen-bond donors (Lipinski definition) is 0. The SMILES string of the molecule is CC1CCC2(CC1)CCC(C)(C)CC2.CC1CCC2(CCCC2)CC1.CC1CCC2(CCCCC2)CC1.CCC1(C)CCCC1.CCC12CC3CC(CC(C3)C1)C2.[2H]C(C)(C)C.[2H]C(C)(C)C.[2H]C([2H])(C)C(C)(C)C.[2H]C([2H])(C)C(C)C.[2H]C1(C)CCCC1.[2H]C1(C)CCCCC1. The van der Waals surface area contributed by atoms with E-state index < -0.39 is 12.7 Å². The van der Waals surface area contributed by atoms with Crippen molar-refractivity contribution in [1.29, 1.82) is 0 Å². The standard InChI is InChI=1S/C14H26.C12H20.C12H22.C11H20.C8H16.C7H14.C6H12.C6H14.C5H12.2C4H10/c1-12-4-6-14(7-5-12)10-8-13(2,3)9-11-14;1-2-12-6-9-3-10(7-12)5-11(4-9)8-12;1-11-5-9-12(10-6-11)7-3-2-4-8-12;1-10-4-8-11(9-5-10)6-2-3-7-11;1-3-8(2)6-4-5-7-8;1-7-5-3-2-4-6-7;1-6-4-2-3-5-6;1-5-6(2,3)4;1-4-5(2)3;2*1-4(2)3/h12H,4-11H2,1-3H3;9-11H,2-8H2,1H3;11H,2-10H2,1H3;10H,2-9H2,1H3;3-7H2,1-2H3;7H,2-6H2,1H3;6H,2-5H2,1H3;5H2,1-4H3;5H,4H2,1-3H3;2*4H,1-3H3/i;;;;;7D;6D;5D2;4D2;2*4D. The van der Waals surface area contributed by atoms with Crippen molar-refractivity contribution in [2.45, 2.75) is 467 Å². The Morgan fingerprint density at radius 1 is 0.382 bits per heavy atom. The molecular formula is C89H176. The van der Waals surface area contributed by atoms with Gasteiger partial charge in [0.2, 0.25) is 0 Å². The average Bonchev–Trinajstić information content (AvgIpc) is 1.76. The fourth-order valence-electron chi connectivity index (χ4n) is 17.9. The topological polar surface area (TPSA) is 0 Å². The summed E-state index contributed by atoms with van der Waals surface area (Å²) in [5, 5.41) is 0. The Morgan fingerprint density at radius 3 is 0.876 bits per heavy atom. The van der Waals surface area contributed by atoms with E-state index in [1.54, 1.807) is 104 Å². The Morgan fingerprint density at radius 2 is 0.640 bits per heavy atom. The quantitative estimate of drug-likeness (QED) is 0.264. The fourth-order valence-corrected chi connectivity index (χ4v) is 17.9. The van der Waals surface area contributed by atoms with Gasteiger partial charge in [0.1, 0.15) is 0 Å². The van der Waals surface area contributed by atoms with Gasteiger partial charge in [0.25, 0.3) is 0 Å². The second-order valence-corrected chi connectivity index (χ2v) is 37.7. The summed E-state index contributed by atoms with van der Waals surface area (Å²) in [6.45, 7) is 47.2. The van der Waals surface area contributed by atoms with Gasteiger partial charge < -0.3 is 0 Å². The predicted octanol–water partition coefficient (Wildman–Crippen LogP) is 31.9. The van der Waals surface area contributed by atoms with E-state index in [4.69, 9.17) is 11.0 Å². The smallest absolute Gasteiger partial charge is 0.0300 e. The Balaban J connectivity index is 0.000000368. The molecule has 13 aliphatic carbocycles. The Kier molecular flexibility index (Phi) is 35.5. The lowest BCUT2D eigenvalue weighted by atomic mass is 9.49. The van der Waals surface area contributed by atoms with Crippen molar-refractivity contribution in [3.05, 3.63) is 0 Å². The van der Waals surface area contributed by atoms with Gasteiger partial charge in [-0.25, -0.2) is 0 Å². The highest BCUT2D eigenvalue weighted by atomic mass is 14.5. The molecule has 4 bridgehead atoms. The first-order valence-corrected chi connectivity index (χ1v) is 40.3. The maximum atomic E-state index is 7.63. The van der Waals surface area contributed by atoms with Crippen LogP contribution in [-0.2, 0) is 0 Å². The second kappa shape index (κ2) is 44.0. The van der Waals surface area contributed by atoms with E-state index in [0.717, 1.165) is 88.3 Å². The third-order valence-corrected chi connectivity index (χ3v) is 25.3. The molecule has 0 N–H and O–H groups in total. The highest BCUT2D eigenvalue weighted by Gasteiger charge is 2.50. The van der Waals surface area contributed by atoms with Crippen LogP contribution in [0.3, 0.4) is 0 Å². The summed E-state index contributed by atoms with van der Waals surface area (Å²) in [6, 6.07) is 0. The lowest BCUT2D eigenvalue weighted by molar-refractivity contribution is -0.0545. The van der Waals surface area contributed by atoms with E-state index in [1.165, 1.54) is 180 Å². The maximum Gasteiger partial charge on any atom is 0.0300 e. The predicted molar refractivity (Wildman–Crippen MR) is 408 cm³/mol. The third kappa shape index (κ3) is 37.9. The van der Waals surface area contributed by atoms with Gasteiger partial charge in [-0.2, -0.15) is 0 Å². The molecule has 0 nitrogen and oxygen atoms in total. The first kappa shape index (κ1) is 71.8. The third-order valence-electron chi connectivity index (χ3n) is 25.3. The molecule has 0 atom stereocenters. The zero-order chi connectivity index (χ0) is 74.1. The lowest BCUT2D eigenvalue weighted by Gasteiger charge is -2.56.